The van der Waals surface area contributed by atoms with Gasteiger partial charge in [-0.05, 0) is 125 Å². The number of hydrogen-bond donors (Lipinski definition) is 2. The molecule has 18 heteroatoms. The highest BCUT2D eigenvalue weighted by Crippen LogP contribution is 2.59. The molecule has 6 aromatic rings. The van der Waals surface area contributed by atoms with Crippen LogP contribution in [0.15, 0.2) is 146 Å². The van der Waals surface area contributed by atoms with Crippen molar-refractivity contribution >= 4 is 81.2 Å². The van der Waals surface area contributed by atoms with E-state index in [1.807, 2.05) is 0 Å². The van der Waals surface area contributed by atoms with Gasteiger partial charge in [-0.1, -0.05) is 106 Å². The van der Waals surface area contributed by atoms with Crippen LogP contribution in [0.5, 0.6) is 0 Å². The minimum absolute atomic E-state index is 0.0559. The van der Waals surface area contributed by atoms with Gasteiger partial charge in [-0.15, -0.1) is 0 Å². The SMILES string of the molecule is Cc1cccc(C2(O)N(c3ccc(Cl)cc3)C(=O)N(c3ccc(Cl)cc3)[C@@]2(C)C(F)(F)F)c1.Cc1cccc(C2(O)N(c3ccc(Cl)cc3)C(=O)N(c3ccc(Cl)cc3)[C@]2(C)C(F)(F)F)c1. The van der Waals surface area contributed by atoms with Crippen molar-refractivity contribution in [3.63, 3.8) is 0 Å². The third-order valence-corrected chi connectivity index (χ3v) is 13.0. The number of hydrogen-bond acceptors (Lipinski definition) is 4. The summed E-state index contributed by atoms with van der Waals surface area (Å²) >= 11 is 23.8. The normalized spacial score (nSPS) is 23.3. The fraction of sp³-hybridized carbons (Fsp3) is 0.208. The predicted octanol–water partition coefficient (Wildman–Crippen LogP) is 13.8. The molecule has 0 aliphatic carbocycles. The first-order valence-corrected chi connectivity index (χ1v) is 21.4. The first kappa shape index (κ1) is 48.5. The number of aliphatic hydroxyl groups is 2. The number of nitrogens with zero attached hydrogens (tertiary/aromatic N) is 4. The van der Waals surface area contributed by atoms with Crippen LogP contribution in [-0.4, -0.2) is 45.7 Å². The lowest BCUT2D eigenvalue weighted by molar-refractivity contribution is -0.227. The van der Waals surface area contributed by atoms with Crippen molar-refractivity contribution < 1.29 is 46.1 Å². The molecule has 8 rings (SSSR count). The van der Waals surface area contributed by atoms with E-state index in [1.165, 1.54) is 133 Å². The summed E-state index contributed by atoms with van der Waals surface area (Å²) in [5, 5.41) is 25.4. The molecule has 2 unspecified atom stereocenters. The van der Waals surface area contributed by atoms with Gasteiger partial charge in [-0.25, -0.2) is 9.59 Å². The molecule has 0 saturated carbocycles. The second-order valence-corrected chi connectivity index (χ2v) is 17.8. The molecule has 4 atom stereocenters. The molecule has 2 heterocycles. The molecule has 0 bridgehead atoms. The smallest absolute Gasteiger partial charge is 0.364 e. The number of carbonyl (C=O) groups excluding carboxylic acids is 2. The van der Waals surface area contributed by atoms with E-state index in [0.717, 1.165) is 23.6 Å². The van der Waals surface area contributed by atoms with E-state index in [2.05, 4.69) is 0 Å². The second kappa shape index (κ2) is 17.3. The Morgan fingerprint density at radius 3 is 0.894 bits per heavy atom. The van der Waals surface area contributed by atoms with Gasteiger partial charge in [0.1, 0.15) is 0 Å². The Morgan fingerprint density at radius 1 is 0.424 bits per heavy atom. The maximum absolute atomic E-state index is 14.9. The fourth-order valence-corrected chi connectivity index (χ4v) is 9.00. The fourth-order valence-electron chi connectivity index (χ4n) is 8.49. The first-order valence-electron chi connectivity index (χ1n) is 19.9. The monoisotopic (exact) mass is 988 g/mol. The maximum atomic E-state index is 14.9. The van der Waals surface area contributed by atoms with Gasteiger partial charge in [0.25, 0.3) is 0 Å². The number of rotatable bonds is 6. The third kappa shape index (κ3) is 7.71. The summed E-state index contributed by atoms with van der Waals surface area (Å²) in [6.07, 6.45) is -10.1. The van der Waals surface area contributed by atoms with E-state index in [1.54, 1.807) is 26.0 Å². The van der Waals surface area contributed by atoms with Crippen molar-refractivity contribution in [2.75, 3.05) is 19.6 Å². The zero-order valence-electron chi connectivity index (χ0n) is 35.1. The number of halogens is 10. The van der Waals surface area contributed by atoms with Crippen LogP contribution in [0.4, 0.5) is 58.7 Å². The lowest BCUT2D eigenvalue weighted by Crippen LogP contribution is -2.66. The van der Waals surface area contributed by atoms with E-state index in [4.69, 9.17) is 46.4 Å². The molecule has 0 radical (unpaired) electrons. The molecule has 2 aliphatic heterocycles. The summed E-state index contributed by atoms with van der Waals surface area (Å²) in [7, 11) is 0. The molecule has 2 fully saturated rings. The van der Waals surface area contributed by atoms with Crippen LogP contribution in [0.2, 0.25) is 20.1 Å². The Hall–Kier alpha value is -5.48. The average Bonchev–Trinajstić information content (AvgIpc) is 3.57. The largest absolute Gasteiger partial charge is 0.416 e. The van der Waals surface area contributed by atoms with Gasteiger partial charge in [0.05, 0.1) is 0 Å². The van der Waals surface area contributed by atoms with Gasteiger partial charge in [-0.2, -0.15) is 26.3 Å². The van der Waals surface area contributed by atoms with Crippen molar-refractivity contribution in [2.45, 2.75) is 62.6 Å². The Bertz CT molecular complexity index is 2590. The summed E-state index contributed by atoms with van der Waals surface area (Å²) in [6, 6.07) is 32.1. The van der Waals surface area contributed by atoms with Crippen molar-refractivity contribution in [1.29, 1.82) is 0 Å². The zero-order chi connectivity index (χ0) is 48.4. The first-order chi connectivity index (χ1) is 30.8. The molecule has 2 aliphatic rings. The molecule has 4 amide bonds. The molecule has 6 aromatic carbocycles. The van der Waals surface area contributed by atoms with Gasteiger partial charge < -0.3 is 10.2 Å². The summed E-state index contributed by atoms with van der Waals surface area (Å²) in [5.74, 6) is 0. The second-order valence-electron chi connectivity index (χ2n) is 16.0. The molecule has 66 heavy (non-hydrogen) atoms. The molecular formula is C48H38Cl4F6N4O4. The van der Waals surface area contributed by atoms with Gasteiger partial charge >= 0.3 is 24.4 Å². The van der Waals surface area contributed by atoms with E-state index in [0.29, 0.717) is 41.0 Å². The Morgan fingerprint density at radius 2 is 0.667 bits per heavy atom. The molecule has 2 N–H and O–H groups in total. The summed E-state index contributed by atoms with van der Waals surface area (Å²) < 4.78 is 89.6. The molecule has 8 nitrogen and oxygen atoms in total. The van der Waals surface area contributed by atoms with Gasteiger partial charge in [0.15, 0.2) is 11.1 Å². The third-order valence-electron chi connectivity index (χ3n) is 11.9. The number of alkyl halides is 6. The standard InChI is InChI=1S/2C24H19Cl2F3N2O2/c2*1-15-4-3-5-16(14-15)23(33)22(2,24(27,28)29)30(19-10-6-17(25)7-11-19)21(32)31(23)20-12-8-18(26)9-13-20/h2*3-14,33H,1-2H3/t2*22-,23?/m10/s1. The maximum Gasteiger partial charge on any atom is 0.416 e. The summed E-state index contributed by atoms with van der Waals surface area (Å²) in [5.41, 5.74) is -10.7. The van der Waals surface area contributed by atoms with Crippen LogP contribution in [-0.2, 0) is 11.4 Å². The lowest BCUT2D eigenvalue weighted by atomic mass is 9.80. The highest BCUT2D eigenvalue weighted by Gasteiger charge is 2.78. The van der Waals surface area contributed by atoms with Crippen LogP contribution < -0.4 is 19.6 Å². The number of amides is 4. The zero-order valence-corrected chi connectivity index (χ0v) is 38.2. The molecule has 344 valence electrons. The van der Waals surface area contributed by atoms with Crippen LogP contribution >= 0.6 is 46.4 Å². The number of urea groups is 2. The molecule has 0 aromatic heterocycles. The topological polar surface area (TPSA) is 87.6 Å². The van der Waals surface area contributed by atoms with Gasteiger partial charge in [0, 0.05) is 54.0 Å². The number of carbonyl (C=O) groups is 2. The van der Waals surface area contributed by atoms with Crippen LogP contribution in [0.25, 0.3) is 0 Å². The van der Waals surface area contributed by atoms with Gasteiger partial charge in [-0.3, -0.25) is 19.6 Å². The van der Waals surface area contributed by atoms with Crippen LogP contribution in [0, 0.1) is 13.8 Å². The van der Waals surface area contributed by atoms with Crippen LogP contribution in [0.1, 0.15) is 36.1 Å². The van der Waals surface area contributed by atoms with E-state index in [-0.39, 0.29) is 33.9 Å². The molecule has 0 spiro atoms. The number of aryl methyl sites for hydroxylation is 2. The minimum atomic E-state index is -5.04. The van der Waals surface area contributed by atoms with Crippen molar-refractivity contribution in [2.24, 2.45) is 0 Å². The van der Waals surface area contributed by atoms with Crippen molar-refractivity contribution in [1.82, 2.24) is 0 Å². The lowest BCUT2D eigenvalue weighted by Gasteiger charge is -2.45. The van der Waals surface area contributed by atoms with E-state index in [9.17, 15) is 46.1 Å². The quantitative estimate of drug-likeness (QED) is 0.163. The average molecular weight is 991 g/mol. The Kier molecular flexibility index (Phi) is 12.7. The predicted molar refractivity (Wildman–Crippen MR) is 246 cm³/mol. The highest BCUT2D eigenvalue weighted by atomic mass is 35.5. The summed E-state index contributed by atoms with van der Waals surface area (Å²) in [6.45, 7) is 5.02. The van der Waals surface area contributed by atoms with E-state index < -0.39 is 46.9 Å². The highest BCUT2D eigenvalue weighted by molar-refractivity contribution is 6.31. The Labute approximate surface area is 395 Å². The van der Waals surface area contributed by atoms with Crippen molar-refractivity contribution in [3.8, 4) is 0 Å². The van der Waals surface area contributed by atoms with Crippen molar-refractivity contribution in [3.05, 3.63) is 188 Å². The van der Waals surface area contributed by atoms with E-state index >= 15 is 0 Å². The Balaban J connectivity index is 0.000000196. The molecule has 2 saturated heterocycles. The number of anilines is 4. The van der Waals surface area contributed by atoms with Crippen LogP contribution in [0.3, 0.4) is 0 Å². The minimum Gasteiger partial charge on any atom is -0.364 e. The molecular weight excluding hydrogens is 952 g/mol. The van der Waals surface area contributed by atoms with Gasteiger partial charge in [0.2, 0.25) is 11.4 Å². The summed E-state index contributed by atoms with van der Waals surface area (Å²) in [4.78, 5) is 30.1. The number of benzene rings is 6.